The fourth-order valence-electron chi connectivity index (χ4n) is 5.87. The summed E-state index contributed by atoms with van der Waals surface area (Å²) in [5.41, 5.74) is 6.14. The number of aromatic nitrogens is 3. The van der Waals surface area contributed by atoms with Gasteiger partial charge in [-0.2, -0.15) is 5.10 Å². The lowest BCUT2D eigenvalue weighted by molar-refractivity contribution is 0.0681. The fraction of sp³-hybridized carbons (Fsp3) is 0.290. The minimum absolute atomic E-state index is 0.362. The van der Waals surface area contributed by atoms with Crippen molar-refractivity contribution in [2.24, 2.45) is 7.05 Å². The van der Waals surface area contributed by atoms with Gasteiger partial charge in [0.25, 0.3) is 0 Å². The number of aryl methyl sites for hydroxylation is 4. The number of hydrogen-bond donors (Lipinski definition) is 1. The summed E-state index contributed by atoms with van der Waals surface area (Å²) in [5, 5.41) is 18.3. The monoisotopic (exact) mass is 509 g/mol. The second-order valence-corrected chi connectivity index (χ2v) is 9.85. The third-order valence-corrected chi connectivity index (χ3v) is 7.49. The molecule has 0 atom stereocenters. The molecule has 1 N–H and O–H groups in total. The molecular weight excluding hydrogens is 478 g/mol. The number of para-hydroxylation sites is 1. The van der Waals surface area contributed by atoms with Gasteiger partial charge in [-0.25, -0.2) is 4.79 Å². The highest BCUT2D eigenvalue weighted by Gasteiger charge is 2.27. The average Bonchev–Trinajstić information content (AvgIpc) is 3.39. The Morgan fingerprint density at radius 1 is 1.08 bits per heavy atom. The zero-order valence-electron chi connectivity index (χ0n) is 21.7. The molecule has 6 rings (SSSR count). The van der Waals surface area contributed by atoms with E-state index in [-0.39, 0.29) is 0 Å². The van der Waals surface area contributed by atoms with Crippen molar-refractivity contribution < 1.29 is 19.4 Å². The quantitative estimate of drug-likeness (QED) is 0.279. The van der Waals surface area contributed by atoms with Crippen LogP contribution in [0.2, 0.25) is 0 Å². The second-order valence-electron chi connectivity index (χ2n) is 9.85. The minimum Gasteiger partial charge on any atom is -0.493 e. The summed E-state index contributed by atoms with van der Waals surface area (Å²) in [6.45, 7) is 4.11. The molecule has 0 saturated heterocycles. The predicted octanol–water partition coefficient (Wildman–Crippen LogP) is 6.13. The Morgan fingerprint density at radius 3 is 2.74 bits per heavy atom. The molecule has 0 bridgehead atoms. The van der Waals surface area contributed by atoms with Crippen molar-refractivity contribution in [2.75, 3.05) is 13.2 Å². The van der Waals surface area contributed by atoms with Crippen LogP contribution in [0.25, 0.3) is 32.8 Å². The number of rotatable bonds is 6. The summed E-state index contributed by atoms with van der Waals surface area (Å²) in [5.74, 6) is -0.0533. The third kappa shape index (κ3) is 4.13. The number of carbonyl (C=O) groups is 1. The summed E-state index contributed by atoms with van der Waals surface area (Å²) in [6, 6.07) is 20.4. The van der Waals surface area contributed by atoms with E-state index in [1.807, 2.05) is 53.6 Å². The first-order chi connectivity index (χ1) is 18.5. The molecular formula is C31H31N3O4. The van der Waals surface area contributed by atoms with E-state index in [4.69, 9.17) is 9.47 Å². The maximum atomic E-state index is 12.7. The molecule has 1 aliphatic rings. The van der Waals surface area contributed by atoms with E-state index < -0.39 is 5.97 Å². The van der Waals surface area contributed by atoms with E-state index in [0.29, 0.717) is 44.9 Å². The fourth-order valence-corrected chi connectivity index (χ4v) is 5.87. The first-order valence-electron chi connectivity index (χ1n) is 13.1. The topological polar surface area (TPSA) is 78.5 Å². The van der Waals surface area contributed by atoms with Crippen LogP contribution >= 0.6 is 0 Å². The molecule has 0 radical (unpaired) electrons. The summed E-state index contributed by atoms with van der Waals surface area (Å²) in [7, 11) is 1.93. The van der Waals surface area contributed by atoms with Crippen molar-refractivity contribution in [3.63, 3.8) is 0 Å². The van der Waals surface area contributed by atoms with E-state index in [9.17, 15) is 9.90 Å². The highest BCUT2D eigenvalue weighted by Crippen LogP contribution is 2.39. The molecule has 38 heavy (non-hydrogen) atoms. The molecule has 7 nitrogen and oxygen atoms in total. The third-order valence-electron chi connectivity index (χ3n) is 7.49. The molecule has 7 heteroatoms. The normalized spacial score (nSPS) is 13.5. The minimum atomic E-state index is -0.904. The summed E-state index contributed by atoms with van der Waals surface area (Å²) < 4.78 is 16.0. The standard InChI is InChI=1S/C31H31N3O4/c1-20-28-25-13-6-12-23-24(14-7-18-38-27-15-5-10-21-9-3-4-11-22(21)27)30(31(35)36)34(29(23)25)16-8-17-37-19-26(28)33(2)32-20/h3-6,9-13,15H,7-8,14,16-19H2,1-2H3,(H,35,36). The van der Waals surface area contributed by atoms with Crippen molar-refractivity contribution in [1.82, 2.24) is 14.3 Å². The Kier molecular flexibility index (Phi) is 6.37. The van der Waals surface area contributed by atoms with Crippen LogP contribution in [0.1, 0.15) is 40.3 Å². The van der Waals surface area contributed by atoms with E-state index in [2.05, 4.69) is 35.4 Å². The molecule has 1 aliphatic heterocycles. The smallest absolute Gasteiger partial charge is 0.352 e. The zero-order chi connectivity index (χ0) is 26.2. The molecule has 0 amide bonds. The van der Waals surface area contributed by atoms with E-state index in [0.717, 1.165) is 61.9 Å². The van der Waals surface area contributed by atoms with Crippen LogP contribution < -0.4 is 4.74 Å². The highest BCUT2D eigenvalue weighted by atomic mass is 16.5. The van der Waals surface area contributed by atoms with Crippen LogP contribution in [-0.2, 0) is 31.4 Å². The van der Waals surface area contributed by atoms with Crippen molar-refractivity contribution in [2.45, 2.75) is 39.3 Å². The lowest BCUT2D eigenvalue weighted by Gasteiger charge is -2.16. The van der Waals surface area contributed by atoms with Crippen LogP contribution in [0.5, 0.6) is 5.75 Å². The Balaban J connectivity index is 1.39. The Hall–Kier alpha value is -4.10. The molecule has 2 aromatic heterocycles. The summed E-state index contributed by atoms with van der Waals surface area (Å²) in [6.07, 6.45) is 2.04. The maximum Gasteiger partial charge on any atom is 0.352 e. The van der Waals surface area contributed by atoms with E-state index in [1.165, 1.54) is 0 Å². The molecule has 0 aliphatic carbocycles. The first kappa shape index (κ1) is 24.2. The number of carboxylic acids is 1. The van der Waals surface area contributed by atoms with Gasteiger partial charge in [-0.15, -0.1) is 0 Å². The van der Waals surface area contributed by atoms with Crippen molar-refractivity contribution >= 4 is 27.6 Å². The Labute approximate surface area is 221 Å². The van der Waals surface area contributed by atoms with Crippen molar-refractivity contribution in [3.8, 4) is 16.9 Å². The number of carboxylic acid groups (broad SMARTS) is 1. The molecule has 0 spiro atoms. The zero-order valence-corrected chi connectivity index (χ0v) is 21.7. The Morgan fingerprint density at radius 2 is 1.87 bits per heavy atom. The molecule has 194 valence electrons. The predicted molar refractivity (Wildman–Crippen MR) is 148 cm³/mol. The molecule has 3 aromatic carbocycles. The van der Waals surface area contributed by atoms with Crippen molar-refractivity contribution in [3.05, 3.63) is 83.3 Å². The van der Waals surface area contributed by atoms with Gasteiger partial charge in [-0.05, 0) is 43.2 Å². The van der Waals surface area contributed by atoms with Gasteiger partial charge < -0.3 is 19.1 Å². The van der Waals surface area contributed by atoms with Gasteiger partial charge >= 0.3 is 5.97 Å². The second kappa shape index (κ2) is 9.99. The molecule has 0 saturated carbocycles. The average molecular weight is 510 g/mol. The van der Waals surface area contributed by atoms with Crippen molar-refractivity contribution in [1.29, 1.82) is 0 Å². The number of ether oxygens (including phenoxy) is 2. The van der Waals surface area contributed by atoms with Crippen LogP contribution in [0.15, 0.2) is 60.7 Å². The Bertz CT molecular complexity index is 1660. The molecule has 0 fully saturated rings. The number of fused-ring (bicyclic) bond motifs is 3. The molecule has 3 heterocycles. The van der Waals surface area contributed by atoms with Gasteiger partial charge in [0.1, 0.15) is 11.4 Å². The maximum absolute atomic E-state index is 12.7. The molecule has 5 aromatic rings. The van der Waals surface area contributed by atoms with Gasteiger partial charge in [-0.3, -0.25) is 4.68 Å². The number of aromatic carboxylic acids is 1. The van der Waals surface area contributed by atoms with E-state index in [1.54, 1.807) is 0 Å². The number of hydrogen-bond acceptors (Lipinski definition) is 4. The summed E-state index contributed by atoms with van der Waals surface area (Å²) in [4.78, 5) is 12.7. The van der Waals surface area contributed by atoms with Crippen LogP contribution in [0.4, 0.5) is 0 Å². The number of benzene rings is 3. The largest absolute Gasteiger partial charge is 0.493 e. The first-order valence-corrected chi connectivity index (χ1v) is 13.1. The van der Waals surface area contributed by atoms with Gasteiger partial charge in [0.05, 0.1) is 30.1 Å². The van der Waals surface area contributed by atoms with Gasteiger partial charge in [0.2, 0.25) is 0 Å². The number of nitrogens with zero attached hydrogens (tertiary/aromatic N) is 3. The van der Waals surface area contributed by atoms with Gasteiger partial charge in [0.15, 0.2) is 0 Å². The molecule has 0 unspecified atom stereocenters. The van der Waals surface area contributed by atoms with Crippen LogP contribution in [-0.4, -0.2) is 38.6 Å². The lowest BCUT2D eigenvalue weighted by Crippen LogP contribution is -2.14. The lowest BCUT2D eigenvalue weighted by atomic mass is 9.98. The van der Waals surface area contributed by atoms with Crippen LogP contribution in [0, 0.1) is 6.92 Å². The summed E-state index contributed by atoms with van der Waals surface area (Å²) >= 11 is 0. The van der Waals surface area contributed by atoms with Gasteiger partial charge in [0, 0.05) is 42.1 Å². The van der Waals surface area contributed by atoms with E-state index >= 15 is 0 Å². The van der Waals surface area contributed by atoms with Crippen LogP contribution in [0.3, 0.4) is 0 Å². The van der Waals surface area contributed by atoms with Gasteiger partial charge in [-0.1, -0.05) is 54.6 Å². The SMILES string of the molecule is Cc1nn(C)c2c1-c1cccc3c(CCCOc4cccc5ccccc45)c(C(=O)O)n(c13)CCCOC2. The highest BCUT2D eigenvalue weighted by molar-refractivity contribution is 6.04.